The molecular weight excluding hydrogens is 213 g/mol. The maximum atomic E-state index is 13.3. The molecule has 0 aromatic heterocycles. The summed E-state index contributed by atoms with van der Waals surface area (Å²) < 4.78 is 13.3. The first-order chi connectivity index (χ1) is 8.02. The predicted octanol–water partition coefficient (Wildman–Crippen LogP) is 4.22. The normalized spacial score (nSPS) is 13.1. The smallest absolute Gasteiger partial charge is 0.123 e. The van der Waals surface area contributed by atoms with E-state index >= 15 is 0 Å². The molecule has 0 bridgehead atoms. The third kappa shape index (κ3) is 4.86. The lowest BCUT2D eigenvalue weighted by molar-refractivity contribution is 0.468. The second-order valence-corrected chi connectivity index (χ2v) is 5.23. The van der Waals surface area contributed by atoms with Gasteiger partial charge in [-0.05, 0) is 49.6 Å². The van der Waals surface area contributed by atoms with Gasteiger partial charge in [-0.3, -0.25) is 0 Å². The summed E-state index contributed by atoms with van der Waals surface area (Å²) >= 11 is 0. The Morgan fingerprint density at radius 2 is 1.88 bits per heavy atom. The van der Waals surface area contributed by atoms with Crippen LogP contribution in [-0.2, 0) is 0 Å². The molecule has 96 valence electrons. The van der Waals surface area contributed by atoms with Crippen LogP contribution in [0.2, 0.25) is 0 Å². The average Bonchev–Trinajstić information content (AvgIpc) is 2.22. The van der Waals surface area contributed by atoms with Gasteiger partial charge < -0.3 is 5.32 Å². The van der Waals surface area contributed by atoms with E-state index in [1.807, 2.05) is 14.0 Å². The van der Waals surface area contributed by atoms with Crippen molar-refractivity contribution in [2.24, 2.45) is 5.92 Å². The fourth-order valence-electron chi connectivity index (χ4n) is 2.17. The van der Waals surface area contributed by atoms with Crippen LogP contribution in [-0.4, -0.2) is 7.05 Å². The molecule has 2 heteroatoms. The Morgan fingerprint density at radius 1 is 1.18 bits per heavy atom. The number of nitrogens with one attached hydrogen (secondary N) is 1. The summed E-state index contributed by atoms with van der Waals surface area (Å²) in [6.45, 7) is 6.41. The van der Waals surface area contributed by atoms with Crippen LogP contribution in [0.25, 0.3) is 0 Å². The van der Waals surface area contributed by atoms with Crippen molar-refractivity contribution in [3.8, 4) is 0 Å². The van der Waals surface area contributed by atoms with Crippen molar-refractivity contribution in [2.45, 2.75) is 46.1 Å². The second kappa shape index (κ2) is 6.75. The van der Waals surface area contributed by atoms with Crippen LogP contribution in [0.15, 0.2) is 18.2 Å². The van der Waals surface area contributed by atoms with E-state index in [4.69, 9.17) is 0 Å². The molecule has 1 unspecified atom stereocenters. The Kier molecular flexibility index (Phi) is 5.63. The number of rotatable bonds is 6. The van der Waals surface area contributed by atoms with Crippen LogP contribution < -0.4 is 5.32 Å². The molecule has 0 aliphatic rings. The van der Waals surface area contributed by atoms with Gasteiger partial charge >= 0.3 is 0 Å². The zero-order valence-corrected chi connectivity index (χ0v) is 11.4. The highest BCUT2D eigenvalue weighted by atomic mass is 19.1. The second-order valence-electron chi connectivity index (χ2n) is 5.23. The molecule has 0 aliphatic heterocycles. The van der Waals surface area contributed by atoms with Crippen molar-refractivity contribution in [3.63, 3.8) is 0 Å². The van der Waals surface area contributed by atoms with Crippen molar-refractivity contribution >= 4 is 0 Å². The maximum Gasteiger partial charge on any atom is 0.123 e. The summed E-state index contributed by atoms with van der Waals surface area (Å²) in [6, 6.07) is 5.55. The van der Waals surface area contributed by atoms with Crippen LogP contribution in [0, 0.1) is 18.7 Å². The highest BCUT2D eigenvalue weighted by Gasteiger charge is 2.10. The highest BCUT2D eigenvalue weighted by Crippen LogP contribution is 2.22. The highest BCUT2D eigenvalue weighted by molar-refractivity contribution is 5.26. The Hall–Kier alpha value is -0.890. The molecule has 0 amide bonds. The summed E-state index contributed by atoms with van der Waals surface area (Å²) in [5, 5.41) is 3.28. The molecule has 0 radical (unpaired) electrons. The molecular formula is C15H24FN. The topological polar surface area (TPSA) is 12.0 Å². The largest absolute Gasteiger partial charge is 0.313 e. The van der Waals surface area contributed by atoms with Gasteiger partial charge in [0.2, 0.25) is 0 Å². The van der Waals surface area contributed by atoms with Gasteiger partial charge in [0.1, 0.15) is 5.82 Å². The molecule has 0 aliphatic carbocycles. The zero-order chi connectivity index (χ0) is 12.8. The van der Waals surface area contributed by atoms with Crippen molar-refractivity contribution in [1.82, 2.24) is 5.32 Å². The molecule has 0 heterocycles. The number of hydrogen-bond acceptors (Lipinski definition) is 1. The van der Waals surface area contributed by atoms with Gasteiger partial charge in [0.15, 0.2) is 0 Å². The van der Waals surface area contributed by atoms with Crippen molar-refractivity contribution in [2.75, 3.05) is 7.05 Å². The molecule has 0 saturated heterocycles. The van der Waals surface area contributed by atoms with E-state index in [0.717, 1.165) is 23.5 Å². The average molecular weight is 237 g/mol. The summed E-state index contributed by atoms with van der Waals surface area (Å²) in [4.78, 5) is 0. The SMILES string of the molecule is CNC(CCCC(C)C)c1cc(C)cc(F)c1. The Labute approximate surface area is 104 Å². The van der Waals surface area contributed by atoms with Crippen LogP contribution in [0.5, 0.6) is 0 Å². The van der Waals surface area contributed by atoms with Crippen LogP contribution in [0.3, 0.4) is 0 Å². The Balaban J connectivity index is 2.65. The van der Waals surface area contributed by atoms with E-state index in [9.17, 15) is 4.39 Å². The summed E-state index contributed by atoms with van der Waals surface area (Å²) in [6.07, 6.45) is 3.47. The predicted molar refractivity (Wildman–Crippen MR) is 71.6 cm³/mol. The van der Waals surface area contributed by atoms with Gasteiger partial charge in [0.05, 0.1) is 0 Å². The molecule has 1 aromatic rings. The van der Waals surface area contributed by atoms with Gasteiger partial charge in [-0.15, -0.1) is 0 Å². The Morgan fingerprint density at radius 3 is 2.41 bits per heavy atom. The number of hydrogen-bond donors (Lipinski definition) is 1. The molecule has 0 fully saturated rings. The summed E-state index contributed by atoms with van der Waals surface area (Å²) in [5.41, 5.74) is 2.05. The van der Waals surface area contributed by atoms with Crippen LogP contribution >= 0.6 is 0 Å². The van der Waals surface area contributed by atoms with E-state index in [-0.39, 0.29) is 11.9 Å². The summed E-state index contributed by atoms with van der Waals surface area (Å²) in [5.74, 6) is 0.603. The summed E-state index contributed by atoms with van der Waals surface area (Å²) in [7, 11) is 1.94. The number of halogens is 1. The fraction of sp³-hybridized carbons (Fsp3) is 0.600. The van der Waals surface area contributed by atoms with Gasteiger partial charge in [-0.1, -0.05) is 32.8 Å². The first-order valence-corrected chi connectivity index (χ1v) is 6.47. The van der Waals surface area contributed by atoms with E-state index < -0.39 is 0 Å². The standard InChI is InChI=1S/C15H24FN/c1-11(2)6-5-7-15(17-4)13-8-12(3)9-14(16)10-13/h8-11,15,17H,5-7H2,1-4H3. The lowest BCUT2D eigenvalue weighted by Gasteiger charge is -2.18. The first-order valence-electron chi connectivity index (χ1n) is 6.47. The minimum atomic E-state index is -0.135. The minimum Gasteiger partial charge on any atom is -0.313 e. The quantitative estimate of drug-likeness (QED) is 0.781. The fourth-order valence-corrected chi connectivity index (χ4v) is 2.17. The molecule has 1 N–H and O–H groups in total. The van der Waals surface area contributed by atoms with E-state index in [0.29, 0.717) is 0 Å². The molecule has 0 saturated carbocycles. The molecule has 1 rings (SSSR count). The minimum absolute atomic E-state index is 0.135. The molecule has 1 atom stereocenters. The first kappa shape index (κ1) is 14.2. The van der Waals surface area contributed by atoms with E-state index in [1.165, 1.54) is 12.8 Å². The van der Waals surface area contributed by atoms with Crippen molar-refractivity contribution in [3.05, 3.63) is 35.1 Å². The number of aryl methyl sites for hydroxylation is 1. The zero-order valence-electron chi connectivity index (χ0n) is 11.4. The van der Waals surface area contributed by atoms with E-state index in [1.54, 1.807) is 12.1 Å². The molecule has 0 spiro atoms. The van der Waals surface area contributed by atoms with Gasteiger partial charge in [-0.25, -0.2) is 4.39 Å². The monoisotopic (exact) mass is 237 g/mol. The molecule has 1 nitrogen and oxygen atoms in total. The third-order valence-electron chi connectivity index (χ3n) is 3.09. The van der Waals surface area contributed by atoms with Gasteiger partial charge in [0, 0.05) is 6.04 Å². The van der Waals surface area contributed by atoms with Crippen molar-refractivity contribution < 1.29 is 4.39 Å². The Bertz CT molecular complexity index is 327. The van der Waals surface area contributed by atoms with Crippen LogP contribution in [0.4, 0.5) is 4.39 Å². The maximum absolute atomic E-state index is 13.3. The van der Waals surface area contributed by atoms with Gasteiger partial charge in [-0.2, -0.15) is 0 Å². The number of benzene rings is 1. The van der Waals surface area contributed by atoms with Gasteiger partial charge in [0.25, 0.3) is 0 Å². The van der Waals surface area contributed by atoms with Crippen LogP contribution in [0.1, 0.15) is 50.3 Å². The lowest BCUT2D eigenvalue weighted by atomic mass is 9.97. The molecule has 17 heavy (non-hydrogen) atoms. The third-order valence-corrected chi connectivity index (χ3v) is 3.09. The molecule has 1 aromatic carbocycles. The van der Waals surface area contributed by atoms with E-state index in [2.05, 4.69) is 25.2 Å². The van der Waals surface area contributed by atoms with Crippen molar-refractivity contribution in [1.29, 1.82) is 0 Å². The lowest BCUT2D eigenvalue weighted by Crippen LogP contribution is -2.16.